The fourth-order valence-corrected chi connectivity index (χ4v) is 2.85. The molecule has 1 nitrogen and oxygen atoms in total. The van der Waals surface area contributed by atoms with Crippen molar-refractivity contribution in [3.8, 4) is 5.75 Å². The van der Waals surface area contributed by atoms with Crippen LogP contribution in [-0.2, 0) is 0 Å². The molecular weight excluding hydrogens is 263 g/mol. The maximum Gasteiger partial charge on any atom is 0.120 e. The molecule has 1 aliphatic carbocycles. The van der Waals surface area contributed by atoms with Gasteiger partial charge in [0, 0.05) is 9.85 Å². The lowest BCUT2D eigenvalue weighted by atomic mass is 10.1. The van der Waals surface area contributed by atoms with Gasteiger partial charge in [-0.05, 0) is 36.5 Å². The molecule has 1 unspecified atom stereocenters. The van der Waals surface area contributed by atoms with Crippen LogP contribution in [-0.4, -0.2) is 7.11 Å². The summed E-state index contributed by atoms with van der Waals surface area (Å²) in [6, 6.07) is 5.87. The summed E-state index contributed by atoms with van der Waals surface area (Å²) >= 11 is 9.85. The van der Waals surface area contributed by atoms with E-state index in [4.69, 9.17) is 16.3 Å². The molecule has 1 aromatic carbocycles. The first-order valence-corrected chi connectivity index (χ1v) is 5.99. The van der Waals surface area contributed by atoms with Gasteiger partial charge in [-0.2, -0.15) is 0 Å². The Morgan fingerprint density at radius 3 is 2.71 bits per heavy atom. The fraction of sp³-hybridized carbons (Fsp3) is 0.455. The van der Waals surface area contributed by atoms with Crippen molar-refractivity contribution in [1.82, 2.24) is 0 Å². The molecule has 0 radical (unpaired) electrons. The highest BCUT2D eigenvalue weighted by Gasteiger charge is 2.31. The summed E-state index contributed by atoms with van der Waals surface area (Å²) in [6.07, 6.45) is 2.61. The summed E-state index contributed by atoms with van der Waals surface area (Å²) in [7, 11) is 1.65. The second kappa shape index (κ2) is 4.11. The predicted molar refractivity (Wildman–Crippen MR) is 62.4 cm³/mol. The summed E-state index contributed by atoms with van der Waals surface area (Å²) in [5.74, 6) is 1.58. The zero-order valence-corrected chi connectivity index (χ0v) is 10.3. The Balaban J connectivity index is 2.24. The summed E-state index contributed by atoms with van der Waals surface area (Å²) < 4.78 is 5.11. The number of alkyl halides is 1. The van der Waals surface area contributed by atoms with Gasteiger partial charge in [0.1, 0.15) is 5.75 Å². The molecule has 0 N–H and O–H groups in total. The molecule has 3 heteroatoms. The third kappa shape index (κ3) is 2.06. The van der Waals surface area contributed by atoms with Gasteiger partial charge < -0.3 is 4.74 Å². The van der Waals surface area contributed by atoms with Crippen LogP contribution in [0.4, 0.5) is 0 Å². The minimum atomic E-state index is 0.404. The Bertz CT molecular complexity index is 336. The van der Waals surface area contributed by atoms with E-state index in [2.05, 4.69) is 15.9 Å². The molecule has 1 fully saturated rings. The van der Waals surface area contributed by atoms with E-state index in [1.54, 1.807) is 7.11 Å². The normalized spacial score (nSPS) is 17.9. The minimum Gasteiger partial charge on any atom is -0.497 e. The number of halogens is 2. The minimum absolute atomic E-state index is 0.404. The molecule has 0 heterocycles. The summed E-state index contributed by atoms with van der Waals surface area (Å²) in [4.78, 5) is 0.404. The summed E-state index contributed by atoms with van der Waals surface area (Å²) in [6.45, 7) is 0. The Kier molecular flexibility index (Phi) is 3.03. The van der Waals surface area contributed by atoms with Gasteiger partial charge in [0.25, 0.3) is 0 Å². The molecule has 2 rings (SSSR count). The molecule has 0 amide bonds. The van der Waals surface area contributed by atoms with E-state index in [0.717, 1.165) is 16.7 Å². The molecule has 0 aromatic heterocycles. The van der Waals surface area contributed by atoms with Crippen LogP contribution in [0.25, 0.3) is 0 Å². The largest absolute Gasteiger partial charge is 0.497 e. The average Bonchev–Trinajstić information content (AvgIpc) is 3.00. The van der Waals surface area contributed by atoms with Crippen LogP contribution in [0.2, 0.25) is 5.02 Å². The highest BCUT2D eigenvalue weighted by molar-refractivity contribution is 9.09. The lowest BCUT2D eigenvalue weighted by Crippen LogP contribution is -1.93. The van der Waals surface area contributed by atoms with Crippen molar-refractivity contribution in [2.75, 3.05) is 7.11 Å². The van der Waals surface area contributed by atoms with Gasteiger partial charge in [0.2, 0.25) is 0 Å². The number of methoxy groups -OCH3 is 1. The Morgan fingerprint density at radius 1 is 1.50 bits per heavy atom. The monoisotopic (exact) mass is 274 g/mol. The Labute approximate surface area is 97.5 Å². The van der Waals surface area contributed by atoms with Crippen LogP contribution in [0.1, 0.15) is 23.2 Å². The van der Waals surface area contributed by atoms with Gasteiger partial charge in [-0.15, -0.1) is 0 Å². The average molecular weight is 276 g/mol. The first-order valence-electron chi connectivity index (χ1n) is 4.70. The summed E-state index contributed by atoms with van der Waals surface area (Å²) in [5, 5.41) is 0.790. The molecule has 0 spiro atoms. The first-order chi connectivity index (χ1) is 6.72. The molecule has 1 atom stereocenters. The van der Waals surface area contributed by atoms with Gasteiger partial charge in [0.05, 0.1) is 7.11 Å². The fourth-order valence-electron chi connectivity index (χ4n) is 1.50. The molecule has 1 aliphatic rings. The van der Waals surface area contributed by atoms with E-state index in [0.29, 0.717) is 4.83 Å². The predicted octanol–water partition coefficient (Wildman–Crippen LogP) is 4.19. The molecule has 1 saturated carbocycles. The van der Waals surface area contributed by atoms with E-state index < -0.39 is 0 Å². The van der Waals surface area contributed by atoms with E-state index in [1.165, 1.54) is 18.4 Å². The van der Waals surface area contributed by atoms with Gasteiger partial charge in [-0.25, -0.2) is 0 Å². The SMILES string of the molecule is COc1ccc(C(Br)C2CC2)c(Cl)c1. The third-order valence-electron chi connectivity index (χ3n) is 2.54. The summed E-state index contributed by atoms with van der Waals surface area (Å²) in [5.41, 5.74) is 1.18. The third-order valence-corrected chi connectivity index (χ3v) is 4.11. The van der Waals surface area contributed by atoms with Crippen LogP contribution in [0.5, 0.6) is 5.75 Å². The van der Waals surface area contributed by atoms with Crippen molar-refractivity contribution in [1.29, 1.82) is 0 Å². The van der Waals surface area contributed by atoms with Crippen molar-refractivity contribution in [2.45, 2.75) is 17.7 Å². The van der Waals surface area contributed by atoms with E-state index in [9.17, 15) is 0 Å². The van der Waals surface area contributed by atoms with E-state index >= 15 is 0 Å². The smallest absolute Gasteiger partial charge is 0.120 e. The molecule has 0 aliphatic heterocycles. The number of hydrogen-bond donors (Lipinski definition) is 0. The van der Waals surface area contributed by atoms with Crippen LogP contribution < -0.4 is 4.74 Å². The molecule has 0 bridgehead atoms. The lowest BCUT2D eigenvalue weighted by Gasteiger charge is -2.11. The Morgan fingerprint density at radius 2 is 2.21 bits per heavy atom. The zero-order valence-electron chi connectivity index (χ0n) is 7.97. The molecular formula is C11H12BrClO. The Hall–Kier alpha value is -0.210. The second-order valence-corrected chi connectivity index (χ2v) is 5.02. The quantitative estimate of drug-likeness (QED) is 0.752. The van der Waals surface area contributed by atoms with Crippen molar-refractivity contribution < 1.29 is 4.74 Å². The van der Waals surface area contributed by atoms with Crippen LogP contribution in [0.3, 0.4) is 0 Å². The first kappa shape index (κ1) is 10.3. The van der Waals surface area contributed by atoms with Gasteiger partial charge in [-0.1, -0.05) is 33.6 Å². The van der Waals surface area contributed by atoms with E-state index in [-0.39, 0.29) is 0 Å². The maximum absolute atomic E-state index is 6.16. The van der Waals surface area contributed by atoms with E-state index in [1.807, 2.05) is 18.2 Å². The number of rotatable bonds is 3. The molecule has 0 saturated heterocycles. The van der Waals surface area contributed by atoms with Crippen molar-refractivity contribution >= 4 is 27.5 Å². The van der Waals surface area contributed by atoms with Crippen LogP contribution in [0.15, 0.2) is 18.2 Å². The zero-order chi connectivity index (χ0) is 10.1. The van der Waals surface area contributed by atoms with Gasteiger partial charge in [-0.3, -0.25) is 0 Å². The molecule has 76 valence electrons. The lowest BCUT2D eigenvalue weighted by molar-refractivity contribution is 0.414. The topological polar surface area (TPSA) is 9.23 Å². The second-order valence-electron chi connectivity index (χ2n) is 3.63. The maximum atomic E-state index is 6.16. The molecule has 14 heavy (non-hydrogen) atoms. The highest BCUT2D eigenvalue weighted by Crippen LogP contribution is 2.48. The van der Waals surface area contributed by atoms with Crippen LogP contribution in [0, 0.1) is 5.92 Å². The number of ether oxygens (including phenoxy) is 1. The van der Waals surface area contributed by atoms with Crippen LogP contribution >= 0.6 is 27.5 Å². The highest BCUT2D eigenvalue weighted by atomic mass is 79.9. The van der Waals surface area contributed by atoms with Crippen molar-refractivity contribution in [2.24, 2.45) is 5.92 Å². The number of hydrogen-bond acceptors (Lipinski definition) is 1. The molecule has 1 aromatic rings. The van der Waals surface area contributed by atoms with Gasteiger partial charge >= 0.3 is 0 Å². The van der Waals surface area contributed by atoms with Gasteiger partial charge in [0.15, 0.2) is 0 Å². The number of benzene rings is 1. The van der Waals surface area contributed by atoms with Crippen molar-refractivity contribution in [3.05, 3.63) is 28.8 Å². The van der Waals surface area contributed by atoms with Crippen molar-refractivity contribution in [3.63, 3.8) is 0 Å². The standard InChI is InChI=1S/C11H12BrClO/c1-14-8-4-5-9(10(13)6-8)11(12)7-2-3-7/h4-7,11H,2-3H2,1H3.